The molecule has 1 aromatic heterocycles. The van der Waals surface area contributed by atoms with Crippen LogP contribution < -0.4 is 10.7 Å². The van der Waals surface area contributed by atoms with Crippen LogP contribution in [0.3, 0.4) is 0 Å². The van der Waals surface area contributed by atoms with Gasteiger partial charge in [-0.25, -0.2) is 5.43 Å². The standard InChI is InChI=1S/C25H36N6O/c1-4-31(5-2)14-11-19-17(3)29-21(23(19)18-9-7-6-8-10-18)15-22-24(27-13-12-26-22)20-16-28-30-25(20)32/h12-13,15-16,18,20,26,29H,4-11,14H2,1-3H3,(H,30,32). The first-order valence-electron chi connectivity index (χ1n) is 12.1. The van der Waals surface area contributed by atoms with Gasteiger partial charge in [0.1, 0.15) is 5.92 Å². The van der Waals surface area contributed by atoms with Gasteiger partial charge in [0.2, 0.25) is 0 Å². The van der Waals surface area contributed by atoms with Crippen molar-refractivity contribution in [2.75, 3.05) is 19.6 Å². The van der Waals surface area contributed by atoms with Crippen LogP contribution in [0, 0.1) is 12.8 Å². The molecule has 1 fully saturated rings. The van der Waals surface area contributed by atoms with Crippen LogP contribution in [-0.2, 0) is 11.2 Å². The number of nitrogens with zero attached hydrogens (tertiary/aromatic N) is 3. The molecule has 3 N–H and O–H groups in total. The van der Waals surface area contributed by atoms with Gasteiger partial charge < -0.3 is 15.2 Å². The molecule has 1 aliphatic carbocycles. The van der Waals surface area contributed by atoms with Crippen molar-refractivity contribution in [3.63, 3.8) is 0 Å². The fraction of sp³-hybridized carbons (Fsp3) is 0.560. The number of carbonyl (C=O) groups is 1. The van der Waals surface area contributed by atoms with Gasteiger partial charge in [0.05, 0.1) is 11.4 Å². The highest BCUT2D eigenvalue weighted by Gasteiger charge is 2.30. The minimum absolute atomic E-state index is 0.137. The Morgan fingerprint density at radius 3 is 2.66 bits per heavy atom. The minimum atomic E-state index is -0.463. The first-order valence-corrected chi connectivity index (χ1v) is 12.1. The maximum atomic E-state index is 12.2. The molecule has 1 atom stereocenters. The lowest BCUT2D eigenvalue weighted by molar-refractivity contribution is -0.120. The third-order valence-corrected chi connectivity index (χ3v) is 7.04. The van der Waals surface area contributed by atoms with Crippen molar-refractivity contribution in [3.8, 4) is 0 Å². The molecule has 1 aromatic rings. The van der Waals surface area contributed by atoms with Crippen molar-refractivity contribution in [1.82, 2.24) is 20.6 Å². The molecule has 4 rings (SSSR count). The Labute approximate surface area is 191 Å². The van der Waals surface area contributed by atoms with Crippen molar-refractivity contribution in [2.24, 2.45) is 16.0 Å². The number of likely N-dealkylation sites (N-methyl/N-ethyl adjacent to an activating group) is 1. The number of aryl methyl sites for hydroxylation is 1. The van der Waals surface area contributed by atoms with Crippen molar-refractivity contribution >= 4 is 23.9 Å². The van der Waals surface area contributed by atoms with E-state index in [0.717, 1.165) is 37.4 Å². The van der Waals surface area contributed by atoms with Crippen molar-refractivity contribution < 1.29 is 4.79 Å². The van der Waals surface area contributed by atoms with E-state index in [9.17, 15) is 4.79 Å². The molecule has 3 heterocycles. The number of hydrazone groups is 1. The summed E-state index contributed by atoms with van der Waals surface area (Å²) in [5.74, 6) is -0.0139. The van der Waals surface area contributed by atoms with E-state index < -0.39 is 5.92 Å². The molecule has 7 nitrogen and oxygen atoms in total. The number of amides is 1. The molecular weight excluding hydrogens is 400 g/mol. The predicted octanol–water partition coefficient (Wildman–Crippen LogP) is 3.84. The molecule has 0 aromatic carbocycles. The number of hydrogen-bond donors (Lipinski definition) is 3. The summed E-state index contributed by atoms with van der Waals surface area (Å²) in [6.45, 7) is 9.90. The Balaban J connectivity index is 1.70. The van der Waals surface area contributed by atoms with E-state index in [1.165, 1.54) is 48.9 Å². The molecule has 1 unspecified atom stereocenters. The Kier molecular flexibility index (Phi) is 7.25. The van der Waals surface area contributed by atoms with Gasteiger partial charge in [-0.3, -0.25) is 9.79 Å². The predicted molar refractivity (Wildman–Crippen MR) is 131 cm³/mol. The highest BCUT2D eigenvalue weighted by molar-refractivity contribution is 6.24. The van der Waals surface area contributed by atoms with Crippen LogP contribution in [-0.4, -0.2) is 47.4 Å². The average Bonchev–Trinajstić information content (AvgIpc) is 3.38. The fourth-order valence-corrected chi connectivity index (χ4v) is 5.22. The first-order chi connectivity index (χ1) is 15.6. The van der Waals surface area contributed by atoms with Crippen LogP contribution in [0.25, 0.3) is 6.08 Å². The Bertz CT molecular complexity index is 944. The number of H-pyrrole nitrogens is 1. The smallest absolute Gasteiger partial charge is 0.254 e. The number of rotatable bonds is 8. The maximum Gasteiger partial charge on any atom is 0.254 e. The quantitative estimate of drug-likeness (QED) is 0.579. The van der Waals surface area contributed by atoms with E-state index in [0.29, 0.717) is 11.6 Å². The summed E-state index contributed by atoms with van der Waals surface area (Å²) in [5.41, 5.74) is 9.45. The summed E-state index contributed by atoms with van der Waals surface area (Å²) < 4.78 is 0. The van der Waals surface area contributed by atoms with Gasteiger partial charge in [-0.15, -0.1) is 0 Å². The minimum Gasteiger partial charge on any atom is -0.359 e. The zero-order valence-corrected chi connectivity index (χ0v) is 19.6. The van der Waals surface area contributed by atoms with Gasteiger partial charge in [-0.05, 0) is 62.4 Å². The van der Waals surface area contributed by atoms with Gasteiger partial charge in [-0.2, -0.15) is 5.10 Å². The van der Waals surface area contributed by atoms with Gasteiger partial charge in [0.15, 0.2) is 0 Å². The molecule has 2 aliphatic heterocycles. The van der Waals surface area contributed by atoms with Crippen LogP contribution in [0.1, 0.15) is 74.4 Å². The first kappa shape index (κ1) is 22.5. The zero-order chi connectivity index (χ0) is 22.5. The zero-order valence-electron chi connectivity index (χ0n) is 19.6. The normalized spacial score (nSPS) is 22.5. The number of aliphatic imine (C=N–C) groups is 1. The lowest BCUT2D eigenvalue weighted by Gasteiger charge is -2.25. The van der Waals surface area contributed by atoms with E-state index in [1.807, 2.05) is 6.20 Å². The molecular formula is C25H36N6O. The van der Waals surface area contributed by atoms with Crippen LogP contribution in [0.2, 0.25) is 0 Å². The summed E-state index contributed by atoms with van der Waals surface area (Å²) in [6, 6.07) is 0. The molecule has 0 spiro atoms. The SMILES string of the molecule is CCN(CC)CCc1c(C)[nH]c(C=C2NC=CN=C2C2C=NNC2=O)c1C1CCCCC1. The Hall–Kier alpha value is -2.67. The molecule has 32 heavy (non-hydrogen) atoms. The van der Waals surface area contributed by atoms with Gasteiger partial charge in [0.25, 0.3) is 5.91 Å². The summed E-state index contributed by atoms with van der Waals surface area (Å²) in [4.78, 5) is 23.0. The van der Waals surface area contributed by atoms with Crippen molar-refractivity contribution in [3.05, 3.63) is 40.6 Å². The average molecular weight is 437 g/mol. The lowest BCUT2D eigenvalue weighted by atomic mass is 9.81. The second-order valence-corrected chi connectivity index (χ2v) is 8.93. The van der Waals surface area contributed by atoms with Crippen molar-refractivity contribution in [2.45, 2.75) is 65.2 Å². The molecule has 0 saturated heterocycles. The highest BCUT2D eigenvalue weighted by atomic mass is 16.2. The summed E-state index contributed by atoms with van der Waals surface area (Å²) in [5, 5.41) is 7.25. The van der Waals surface area contributed by atoms with Crippen LogP contribution >= 0.6 is 0 Å². The number of allylic oxidation sites excluding steroid dienone is 1. The Morgan fingerprint density at radius 2 is 1.97 bits per heavy atom. The molecule has 0 bridgehead atoms. The van der Waals surface area contributed by atoms with Crippen LogP contribution in [0.4, 0.5) is 0 Å². The number of aromatic nitrogens is 1. The van der Waals surface area contributed by atoms with E-state index >= 15 is 0 Å². The van der Waals surface area contributed by atoms with Crippen LogP contribution in [0.15, 0.2) is 28.2 Å². The maximum absolute atomic E-state index is 12.2. The molecule has 1 amide bonds. The van der Waals surface area contributed by atoms with E-state index in [1.54, 1.807) is 12.4 Å². The largest absolute Gasteiger partial charge is 0.359 e. The summed E-state index contributed by atoms with van der Waals surface area (Å²) >= 11 is 0. The number of aromatic amines is 1. The highest BCUT2D eigenvalue weighted by Crippen LogP contribution is 2.38. The molecule has 7 heteroatoms. The van der Waals surface area contributed by atoms with E-state index in [-0.39, 0.29) is 5.91 Å². The fourth-order valence-electron chi connectivity index (χ4n) is 5.22. The van der Waals surface area contributed by atoms with Gasteiger partial charge in [0, 0.05) is 36.5 Å². The second kappa shape index (κ2) is 10.3. The molecule has 172 valence electrons. The number of carbonyl (C=O) groups excluding carboxylic acids is 1. The third kappa shape index (κ3) is 4.72. The Morgan fingerprint density at radius 1 is 1.19 bits per heavy atom. The lowest BCUT2D eigenvalue weighted by Crippen LogP contribution is -2.32. The summed E-state index contributed by atoms with van der Waals surface area (Å²) in [6.07, 6.45) is 14.8. The number of nitrogens with one attached hydrogen (secondary N) is 3. The summed E-state index contributed by atoms with van der Waals surface area (Å²) in [7, 11) is 0. The van der Waals surface area contributed by atoms with Gasteiger partial charge in [-0.1, -0.05) is 33.1 Å². The second-order valence-electron chi connectivity index (χ2n) is 8.93. The monoisotopic (exact) mass is 436 g/mol. The molecule has 3 aliphatic rings. The van der Waals surface area contributed by atoms with Gasteiger partial charge >= 0.3 is 0 Å². The van der Waals surface area contributed by atoms with Crippen LogP contribution in [0.5, 0.6) is 0 Å². The van der Waals surface area contributed by atoms with E-state index in [2.05, 4.69) is 57.6 Å². The topological polar surface area (TPSA) is 84.9 Å². The third-order valence-electron chi connectivity index (χ3n) is 7.04. The molecule has 0 radical (unpaired) electrons. The molecule has 1 saturated carbocycles. The van der Waals surface area contributed by atoms with E-state index in [4.69, 9.17) is 0 Å². The van der Waals surface area contributed by atoms with Crippen molar-refractivity contribution in [1.29, 1.82) is 0 Å². The number of hydrogen-bond acceptors (Lipinski definition) is 5.